The van der Waals surface area contributed by atoms with Crippen LogP contribution in [0, 0.1) is 0 Å². The van der Waals surface area contributed by atoms with Crippen LogP contribution in [0.15, 0.2) is 60.7 Å². The van der Waals surface area contributed by atoms with E-state index >= 15 is 0 Å². The second-order valence-electron chi connectivity index (χ2n) is 4.97. The number of esters is 1. The first-order valence-corrected chi connectivity index (χ1v) is 7.11. The number of carbonyl (C=O) groups is 2. The van der Waals surface area contributed by atoms with Crippen LogP contribution in [0.1, 0.15) is 11.1 Å². The fraction of sp³-hybridized carbons (Fsp3) is 0.222. The van der Waals surface area contributed by atoms with E-state index in [0.29, 0.717) is 6.54 Å². The summed E-state index contributed by atoms with van der Waals surface area (Å²) in [6.45, 7) is 0.346. The maximum absolute atomic E-state index is 12.5. The molecule has 4 heteroatoms. The number of methoxy groups -OCH3 is 1. The first-order chi connectivity index (χ1) is 10.7. The summed E-state index contributed by atoms with van der Waals surface area (Å²) in [4.78, 5) is 25.6. The van der Waals surface area contributed by atoms with Gasteiger partial charge >= 0.3 is 5.97 Å². The molecule has 0 saturated carbocycles. The summed E-state index contributed by atoms with van der Waals surface area (Å²) in [6.07, 6.45) is 0.269. The SMILES string of the molecule is COC(=O)CN(Cc1ccccc1)C(=O)Cc1ccccc1. The molecule has 22 heavy (non-hydrogen) atoms. The van der Waals surface area contributed by atoms with Crippen LogP contribution in [0.25, 0.3) is 0 Å². The molecule has 0 fully saturated rings. The molecule has 0 heterocycles. The Morgan fingerprint density at radius 1 is 0.909 bits per heavy atom. The smallest absolute Gasteiger partial charge is 0.325 e. The highest BCUT2D eigenvalue weighted by atomic mass is 16.5. The Bertz CT molecular complexity index is 611. The Morgan fingerprint density at radius 3 is 2.00 bits per heavy atom. The van der Waals surface area contributed by atoms with Gasteiger partial charge in [-0.05, 0) is 11.1 Å². The summed E-state index contributed by atoms with van der Waals surface area (Å²) in [7, 11) is 1.32. The monoisotopic (exact) mass is 297 g/mol. The molecule has 0 aromatic heterocycles. The second-order valence-corrected chi connectivity index (χ2v) is 4.97. The van der Waals surface area contributed by atoms with Gasteiger partial charge in [0.05, 0.1) is 13.5 Å². The number of nitrogens with zero attached hydrogens (tertiary/aromatic N) is 1. The van der Waals surface area contributed by atoms with E-state index in [-0.39, 0.29) is 18.9 Å². The predicted molar refractivity (Wildman–Crippen MR) is 84.0 cm³/mol. The Labute approximate surface area is 130 Å². The minimum atomic E-state index is -0.419. The number of hydrogen-bond donors (Lipinski definition) is 0. The number of amides is 1. The highest BCUT2D eigenvalue weighted by Gasteiger charge is 2.18. The Balaban J connectivity index is 2.09. The Kier molecular flexibility index (Phi) is 5.72. The van der Waals surface area contributed by atoms with Crippen LogP contribution < -0.4 is 0 Å². The molecule has 0 saturated heterocycles. The molecule has 2 aromatic carbocycles. The molecule has 0 bridgehead atoms. The molecule has 0 unspecified atom stereocenters. The topological polar surface area (TPSA) is 46.6 Å². The van der Waals surface area contributed by atoms with Gasteiger partial charge in [0.1, 0.15) is 6.54 Å². The fourth-order valence-corrected chi connectivity index (χ4v) is 2.14. The van der Waals surface area contributed by atoms with Crippen LogP contribution in [-0.4, -0.2) is 30.4 Å². The van der Waals surface area contributed by atoms with Crippen molar-refractivity contribution in [3.8, 4) is 0 Å². The van der Waals surface area contributed by atoms with Gasteiger partial charge in [-0.15, -0.1) is 0 Å². The second kappa shape index (κ2) is 7.98. The van der Waals surface area contributed by atoms with Crippen LogP contribution in [0.4, 0.5) is 0 Å². The number of carbonyl (C=O) groups excluding carboxylic acids is 2. The number of benzene rings is 2. The minimum Gasteiger partial charge on any atom is -0.468 e. The third-order valence-electron chi connectivity index (χ3n) is 3.31. The third kappa shape index (κ3) is 4.74. The summed E-state index contributed by atoms with van der Waals surface area (Å²) in [5, 5.41) is 0. The lowest BCUT2D eigenvalue weighted by molar-refractivity contribution is -0.147. The van der Waals surface area contributed by atoms with Crippen LogP contribution in [0.2, 0.25) is 0 Å². The first kappa shape index (κ1) is 15.8. The molecular formula is C18H19NO3. The van der Waals surface area contributed by atoms with E-state index in [0.717, 1.165) is 11.1 Å². The van der Waals surface area contributed by atoms with Gasteiger partial charge in [0.15, 0.2) is 0 Å². The lowest BCUT2D eigenvalue weighted by Gasteiger charge is -2.21. The van der Waals surface area contributed by atoms with Crippen LogP contribution in [0.3, 0.4) is 0 Å². The van der Waals surface area contributed by atoms with E-state index in [4.69, 9.17) is 0 Å². The molecule has 0 spiro atoms. The standard InChI is InChI=1S/C18H19NO3/c1-22-18(21)14-19(13-16-10-6-3-7-11-16)17(20)12-15-8-4-2-5-9-15/h2-11H,12-14H2,1H3. The number of rotatable bonds is 6. The summed E-state index contributed by atoms with van der Waals surface area (Å²) in [5.41, 5.74) is 1.91. The molecule has 0 radical (unpaired) electrons. The molecule has 0 aliphatic heterocycles. The Morgan fingerprint density at radius 2 is 1.45 bits per heavy atom. The third-order valence-corrected chi connectivity index (χ3v) is 3.31. The summed E-state index contributed by atoms with van der Waals surface area (Å²) >= 11 is 0. The quantitative estimate of drug-likeness (QED) is 0.769. The molecule has 0 aliphatic carbocycles. The van der Waals surface area contributed by atoms with Crippen molar-refractivity contribution in [2.24, 2.45) is 0 Å². The highest BCUT2D eigenvalue weighted by Crippen LogP contribution is 2.08. The van der Waals surface area contributed by atoms with Gasteiger partial charge in [0.25, 0.3) is 0 Å². The number of hydrogen-bond acceptors (Lipinski definition) is 3. The Hall–Kier alpha value is -2.62. The van der Waals surface area contributed by atoms with Crippen molar-refractivity contribution in [2.75, 3.05) is 13.7 Å². The van der Waals surface area contributed by atoms with E-state index in [2.05, 4.69) is 4.74 Å². The van der Waals surface area contributed by atoms with Crippen molar-refractivity contribution in [3.05, 3.63) is 71.8 Å². The van der Waals surface area contributed by atoms with Gasteiger partial charge < -0.3 is 9.64 Å². The summed E-state index contributed by atoms with van der Waals surface area (Å²) in [5.74, 6) is -0.516. The van der Waals surface area contributed by atoms with E-state index in [1.807, 2.05) is 60.7 Å². The molecular weight excluding hydrogens is 278 g/mol. The minimum absolute atomic E-state index is 0.0446. The average molecular weight is 297 g/mol. The predicted octanol–water partition coefficient (Wildman–Crippen LogP) is 2.43. The fourth-order valence-electron chi connectivity index (χ4n) is 2.14. The molecule has 0 atom stereocenters. The maximum atomic E-state index is 12.5. The molecule has 0 aliphatic rings. The van der Waals surface area contributed by atoms with E-state index in [1.165, 1.54) is 12.0 Å². The largest absolute Gasteiger partial charge is 0.468 e. The number of ether oxygens (including phenoxy) is 1. The van der Waals surface area contributed by atoms with Gasteiger partial charge in [-0.2, -0.15) is 0 Å². The average Bonchev–Trinajstić information content (AvgIpc) is 2.56. The van der Waals surface area contributed by atoms with Crippen molar-refractivity contribution in [2.45, 2.75) is 13.0 Å². The van der Waals surface area contributed by atoms with Gasteiger partial charge in [-0.1, -0.05) is 60.7 Å². The molecule has 4 nitrogen and oxygen atoms in total. The van der Waals surface area contributed by atoms with Crippen molar-refractivity contribution in [1.82, 2.24) is 4.90 Å². The van der Waals surface area contributed by atoms with E-state index < -0.39 is 5.97 Å². The molecule has 1 amide bonds. The highest BCUT2D eigenvalue weighted by molar-refractivity contribution is 5.83. The van der Waals surface area contributed by atoms with Gasteiger partial charge in [-0.3, -0.25) is 9.59 Å². The molecule has 2 aromatic rings. The van der Waals surface area contributed by atoms with Crippen molar-refractivity contribution in [1.29, 1.82) is 0 Å². The van der Waals surface area contributed by atoms with Crippen molar-refractivity contribution >= 4 is 11.9 Å². The van der Waals surface area contributed by atoms with Gasteiger partial charge in [0.2, 0.25) is 5.91 Å². The maximum Gasteiger partial charge on any atom is 0.325 e. The lowest BCUT2D eigenvalue weighted by atomic mass is 10.1. The lowest BCUT2D eigenvalue weighted by Crippen LogP contribution is -2.36. The first-order valence-electron chi connectivity index (χ1n) is 7.11. The van der Waals surface area contributed by atoms with Crippen LogP contribution in [-0.2, 0) is 27.3 Å². The molecule has 114 valence electrons. The van der Waals surface area contributed by atoms with Crippen LogP contribution >= 0.6 is 0 Å². The van der Waals surface area contributed by atoms with Crippen molar-refractivity contribution < 1.29 is 14.3 Å². The zero-order valence-electron chi connectivity index (χ0n) is 12.6. The zero-order chi connectivity index (χ0) is 15.8. The van der Waals surface area contributed by atoms with E-state index in [1.54, 1.807) is 0 Å². The normalized spacial score (nSPS) is 10.0. The summed E-state index contributed by atoms with van der Waals surface area (Å²) < 4.78 is 4.69. The molecule has 0 N–H and O–H groups in total. The van der Waals surface area contributed by atoms with Crippen molar-refractivity contribution in [3.63, 3.8) is 0 Å². The molecule has 2 rings (SSSR count). The van der Waals surface area contributed by atoms with E-state index in [9.17, 15) is 9.59 Å². The van der Waals surface area contributed by atoms with Gasteiger partial charge in [-0.25, -0.2) is 0 Å². The van der Waals surface area contributed by atoms with Gasteiger partial charge in [0, 0.05) is 6.54 Å². The summed E-state index contributed by atoms with van der Waals surface area (Å²) in [6, 6.07) is 19.1. The zero-order valence-corrected chi connectivity index (χ0v) is 12.6. The van der Waals surface area contributed by atoms with Crippen LogP contribution in [0.5, 0.6) is 0 Å².